The molecule has 0 aliphatic carbocycles. The fraction of sp³-hybridized carbons (Fsp3) is 0.925. The zero-order valence-electron chi connectivity index (χ0n) is 49.7. The predicted octanol–water partition coefficient (Wildman–Crippen LogP) is 22.4. The van der Waals surface area contributed by atoms with Gasteiger partial charge in [0.15, 0.2) is 6.10 Å². The van der Waals surface area contributed by atoms with Crippen molar-refractivity contribution in [1.29, 1.82) is 0 Å². The van der Waals surface area contributed by atoms with E-state index in [1.54, 1.807) is 0 Å². The van der Waals surface area contributed by atoms with Crippen LogP contribution in [0.15, 0.2) is 12.2 Å². The molecule has 0 aliphatic rings. The van der Waals surface area contributed by atoms with Crippen molar-refractivity contribution in [2.75, 3.05) is 13.2 Å². The lowest BCUT2D eigenvalue weighted by Gasteiger charge is -2.18. The van der Waals surface area contributed by atoms with Gasteiger partial charge in [0, 0.05) is 19.3 Å². The standard InChI is InChI=1S/C67H128O6/c1-4-7-10-13-16-19-22-25-28-30-32-33-34-35-36-38-39-42-45-48-51-54-57-60-66(69)72-63-64(62-71-65(68)59-56-53-50-47-44-41-27-24-21-18-15-12-9-6-3)73-67(70)61-58-55-52-49-46-43-40-37-31-29-26-23-20-17-14-11-8-5-2/h29,31,64H,4-28,30,32-63H2,1-3H3/b31-29-. The van der Waals surface area contributed by atoms with Gasteiger partial charge in [-0.2, -0.15) is 0 Å². The summed E-state index contributed by atoms with van der Waals surface area (Å²) in [6, 6.07) is 0. The van der Waals surface area contributed by atoms with Crippen LogP contribution in [0.4, 0.5) is 0 Å². The van der Waals surface area contributed by atoms with E-state index in [1.807, 2.05) is 0 Å². The number of hydrogen-bond acceptors (Lipinski definition) is 6. The first-order chi connectivity index (χ1) is 36.0. The molecule has 0 aromatic carbocycles. The molecular weight excluding hydrogens is 901 g/mol. The fourth-order valence-electron chi connectivity index (χ4n) is 10.3. The van der Waals surface area contributed by atoms with Crippen molar-refractivity contribution in [3.05, 3.63) is 12.2 Å². The first-order valence-electron chi connectivity index (χ1n) is 33.2. The molecule has 0 heterocycles. The van der Waals surface area contributed by atoms with Crippen molar-refractivity contribution in [3.63, 3.8) is 0 Å². The van der Waals surface area contributed by atoms with E-state index >= 15 is 0 Å². The highest BCUT2D eigenvalue weighted by atomic mass is 16.6. The molecule has 0 fully saturated rings. The SMILES string of the molecule is CCCCCCCCC/C=C\CCCCCCCCCC(=O)OC(COC(=O)CCCCCCCCCCCCCCCC)COC(=O)CCCCCCCCCCCCCCCCCCCCCCCCC. The lowest BCUT2D eigenvalue weighted by atomic mass is 10.0. The summed E-state index contributed by atoms with van der Waals surface area (Å²) < 4.78 is 17.0. The van der Waals surface area contributed by atoms with Gasteiger partial charge in [0.25, 0.3) is 0 Å². The minimum atomic E-state index is -0.768. The van der Waals surface area contributed by atoms with E-state index in [2.05, 4.69) is 32.9 Å². The Labute approximate surface area is 456 Å². The molecule has 0 aromatic rings. The number of ether oxygens (including phenoxy) is 3. The maximum Gasteiger partial charge on any atom is 0.306 e. The molecule has 73 heavy (non-hydrogen) atoms. The first kappa shape index (κ1) is 71.2. The molecule has 0 spiro atoms. The number of rotatable bonds is 62. The third-order valence-electron chi connectivity index (χ3n) is 15.3. The summed E-state index contributed by atoms with van der Waals surface area (Å²) in [6.45, 7) is 6.72. The number of allylic oxidation sites excluding steroid dienone is 2. The molecule has 1 atom stereocenters. The van der Waals surface area contributed by atoms with E-state index < -0.39 is 6.10 Å². The van der Waals surface area contributed by atoms with Gasteiger partial charge < -0.3 is 14.2 Å². The van der Waals surface area contributed by atoms with Crippen LogP contribution in [0.5, 0.6) is 0 Å². The average Bonchev–Trinajstić information content (AvgIpc) is 3.39. The van der Waals surface area contributed by atoms with Crippen molar-refractivity contribution < 1.29 is 28.6 Å². The van der Waals surface area contributed by atoms with Crippen molar-refractivity contribution >= 4 is 17.9 Å². The highest BCUT2D eigenvalue weighted by Gasteiger charge is 2.19. The van der Waals surface area contributed by atoms with E-state index in [4.69, 9.17) is 14.2 Å². The van der Waals surface area contributed by atoms with Crippen LogP contribution in [0, 0.1) is 0 Å². The number of esters is 3. The topological polar surface area (TPSA) is 78.9 Å². The Morgan fingerprint density at radius 3 is 0.685 bits per heavy atom. The highest BCUT2D eigenvalue weighted by molar-refractivity contribution is 5.71. The van der Waals surface area contributed by atoms with Crippen LogP contribution in [-0.4, -0.2) is 37.2 Å². The van der Waals surface area contributed by atoms with Gasteiger partial charge in [-0.1, -0.05) is 328 Å². The second kappa shape index (κ2) is 62.7. The molecule has 0 aliphatic heterocycles. The maximum absolute atomic E-state index is 12.9. The van der Waals surface area contributed by atoms with Gasteiger partial charge in [-0.05, 0) is 44.9 Å². The van der Waals surface area contributed by atoms with E-state index in [1.165, 1.54) is 283 Å². The lowest BCUT2D eigenvalue weighted by molar-refractivity contribution is -0.167. The van der Waals surface area contributed by atoms with Gasteiger partial charge >= 0.3 is 17.9 Å². The van der Waals surface area contributed by atoms with Gasteiger partial charge in [-0.25, -0.2) is 0 Å². The summed E-state index contributed by atoms with van der Waals surface area (Å²) in [5, 5.41) is 0. The molecule has 0 aromatic heterocycles. The molecule has 0 radical (unpaired) electrons. The van der Waals surface area contributed by atoms with E-state index in [0.29, 0.717) is 19.3 Å². The third-order valence-corrected chi connectivity index (χ3v) is 15.3. The van der Waals surface area contributed by atoms with Crippen LogP contribution in [0.2, 0.25) is 0 Å². The molecule has 0 N–H and O–H groups in total. The minimum absolute atomic E-state index is 0.0651. The molecular formula is C67H128O6. The predicted molar refractivity (Wildman–Crippen MR) is 317 cm³/mol. The summed E-state index contributed by atoms with van der Waals surface area (Å²) in [5.74, 6) is -0.837. The maximum atomic E-state index is 12.9. The van der Waals surface area contributed by atoms with Crippen LogP contribution in [-0.2, 0) is 28.6 Å². The van der Waals surface area contributed by atoms with Crippen LogP contribution >= 0.6 is 0 Å². The zero-order valence-corrected chi connectivity index (χ0v) is 49.7. The van der Waals surface area contributed by atoms with Crippen molar-refractivity contribution in [1.82, 2.24) is 0 Å². The van der Waals surface area contributed by atoms with Gasteiger partial charge in [-0.15, -0.1) is 0 Å². The summed E-state index contributed by atoms with van der Waals surface area (Å²) in [6.07, 6.45) is 73.7. The van der Waals surface area contributed by atoms with E-state index in [-0.39, 0.29) is 31.1 Å². The molecule has 0 saturated heterocycles. The Morgan fingerprint density at radius 2 is 0.452 bits per heavy atom. The largest absolute Gasteiger partial charge is 0.462 e. The van der Waals surface area contributed by atoms with Crippen molar-refractivity contribution in [2.45, 2.75) is 386 Å². The minimum Gasteiger partial charge on any atom is -0.462 e. The monoisotopic (exact) mass is 1030 g/mol. The Hall–Kier alpha value is -1.85. The van der Waals surface area contributed by atoms with Crippen LogP contribution < -0.4 is 0 Å². The first-order valence-corrected chi connectivity index (χ1v) is 33.2. The van der Waals surface area contributed by atoms with Crippen LogP contribution in [0.3, 0.4) is 0 Å². The van der Waals surface area contributed by atoms with Crippen molar-refractivity contribution in [3.8, 4) is 0 Å². The summed E-state index contributed by atoms with van der Waals surface area (Å²) in [7, 11) is 0. The smallest absolute Gasteiger partial charge is 0.306 e. The third kappa shape index (κ3) is 60.9. The Bertz CT molecular complexity index is 1130. The van der Waals surface area contributed by atoms with Crippen LogP contribution in [0.25, 0.3) is 0 Å². The van der Waals surface area contributed by atoms with Gasteiger partial charge in [0.05, 0.1) is 0 Å². The van der Waals surface area contributed by atoms with E-state index in [0.717, 1.165) is 57.8 Å². The van der Waals surface area contributed by atoms with Gasteiger partial charge in [-0.3, -0.25) is 14.4 Å². The highest BCUT2D eigenvalue weighted by Crippen LogP contribution is 2.18. The molecule has 0 saturated carbocycles. The Morgan fingerprint density at radius 1 is 0.260 bits per heavy atom. The molecule has 0 amide bonds. The molecule has 432 valence electrons. The second-order valence-electron chi connectivity index (χ2n) is 22.7. The van der Waals surface area contributed by atoms with Crippen molar-refractivity contribution in [2.24, 2.45) is 0 Å². The number of unbranched alkanes of at least 4 members (excludes halogenated alkanes) is 49. The Balaban J connectivity index is 4.25. The van der Waals surface area contributed by atoms with Gasteiger partial charge in [0.1, 0.15) is 13.2 Å². The number of carbonyl (C=O) groups is 3. The number of carbonyl (C=O) groups excluding carboxylic acids is 3. The zero-order chi connectivity index (χ0) is 52.9. The molecule has 0 bridgehead atoms. The summed E-state index contributed by atoms with van der Waals surface area (Å²) in [5.41, 5.74) is 0. The second-order valence-corrected chi connectivity index (χ2v) is 22.7. The molecule has 1 unspecified atom stereocenters. The fourth-order valence-corrected chi connectivity index (χ4v) is 10.3. The van der Waals surface area contributed by atoms with Crippen LogP contribution in [0.1, 0.15) is 380 Å². The quantitative estimate of drug-likeness (QED) is 0.0261. The Kier molecular flexibility index (Phi) is 61.1. The van der Waals surface area contributed by atoms with E-state index in [9.17, 15) is 14.4 Å². The van der Waals surface area contributed by atoms with Gasteiger partial charge in [0.2, 0.25) is 0 Å². The lowest BCUT2D eigenvalue weighted by Crippen LogP contribution is -2.30. The summed E-state index contributed by atoms with van der Waals surface area (Å²) in [4.78, 5) is 38.3. The molecule has 6 nitrogen and oxygen atoms in total. The normalized spacial score (nSPS) is 12.0. The average molecular weight is 1030 g/mol. The molecule has 0 rings (SSSR count). The molecule has 6 heteroatoms. The summed E-state index contributed by atoms with van der Waals surface area (Å²) >= 11 is 0. The number of hydrogen-bond donors (Lipinski definition) is 0.